The predicted molar refractivity (Wildman–Crippen MR) is 94.0 cm³/mol. The van der Waals surface area contributed by atoms with Crippen molar-refractivity contribution in [1.29, 1.82) is 5.26 Å². The van der Waals surface area contributed by atoms with E-state index in [1.165, 1.54) is 17.1 Å². The summed E-state index contributed by atoms with van der Waals surface area (Å²) < 4.78 is 11.4. The van der Waals surface area contributed by atoms with Crippen molar-refractivity contribution < 1.29 is 9.47 Å². The highest BCUT2D eigenvalue weighted by atomic mass is 32.2. The Morgan fingerprint density at radius 3 is 2.30 bits per heavy atom. The van der Waals surface area contributed by atoms with E-state index in [2.05, 4.69) is 18.2 Å². The van der Waals surface area contributed by atoms with Gasteiger partial charge in [-0.15, -0.1) is 0 Å². The molecule has 0 saturated heterocycles. The van der Waals surface area contributed by atoms with Crippen molar-refractivity contribution in [1.82, 2.24) is 0 Å². The molecule has 0 atom stereocenters. The molecule has 0 saturated carbocycles. The third kappa shape index (κ3) is 4.18. The number of nitriles is 1. The Morgan fingerprint density at radius 2 is 1.52 bits per heavy atom. The SMILES string of the molecule is N#CSCCOc1ccc(Oc2ccc3ccccc3c2)cc1. The minimum Gasteiger partial charge on any atom is -0.493 e. The van der Waals surface area contributed by atoms with Crippen molar-refractivity contribution in [2.45, 2.75) is 0 Å². The van der Waals surface area contributed by atoms with Crippen molar-refractivity contribution in [2.24, 2.45) is 0 Å². The fourth-order valence-electron chi connectivity index (χ4n) is 2.22. The van der Waals surface area contributed by atoms with Gasteiger partial charge in [0.1, 0.15) is 22.6 Å². The molecule has 0 heterocycles. The van der Waals surface area contributed by atoms with Crippen LogP contribution in [0, 0.1) is 10.7 Å². The van der Waals surface area contributed by atoms with Crippen LogP contribution in [-0.2, 0) is 0 Å². The lowest BCUT2D eigenvalue weighted by molar-refractivity contribution is 0.343. The molecule has 114 valence electrons. The lowest BCUT2D eigenvalue weighted by Crippen LogP contribution is -1.99. The zero-order valence-corrected chi connectivity index (χ0v) is 13.3. The first-order valence-corrected chi connectivity index (χ1v) is 8.24. The number of thiocyanates is 1. The van der Waals surface area contributed by atoms with Crippen molar-refractivity contribution in [3.8, 4) is 22.6 Å². The Kier molecular flexibility index (Phi) is 5.02. The highest BCUT2D eigenvalue weighted by Crippen LogP contribution is 2.27. The Labute approximate surface area is 139 Å². The molecule has 0 aliphatic rings. The third-order valence-corrected chi connectivity index (χ3v) is 3.80. The molecular formula is C19H15NO2S. The molecule has 0 spiro atoms. The lowest BCUT2D eigenvalue weighted by Gasteiger charge is -2.08. The van der Waals surface area contributed by atoms with E-state index >= 15 is 0 Å². The number of thioether (sulfide) groups is 1. The first-order valence-electron chi connectivity index (χ1n) is 7.25. The van der Waals surface area contributed by atoms with Gasteiger partial charge in [0.2, 0.25) is 0 Å². The molecule has 4 heteroatoms. The predicted octanol–water partition coefficient (Wildman–Crippen LogP) is 5.23. The highest BCUT2D eigenvalue weighted by Gasteiger charge is 2.00. The van der Waals surface area contributed by atoms with Gasteiger partial charge in [0.25, 0.3) is 0 Å². The van der Waals surface area contributed by atoms with Gasteiger partial charge in [-0.3, -0.25) is 0 Å². The van der Waals surface area contributed by atoms with E-state index in [1.807, 2.05) is 53.9 Å². The van der Waals surface area contributed by atoms with Gasteiger partial charge in [0.15, 0.2) is 0 Å². The average Bonchev–Trinajstić information content (AvgIpc) is 2.60. The van der Waals surface area contributed by atoms with Crippen LogP contribution in [0.4, 0.5) is 0 Å². The minimum absolute atomic E-state index is 0.517. The van der Waals surface area contributed by atoms with E-state index in [9.17, 15) is 0 Å². The topological polar surface area (TPSA) is 42.2 Å². The largest absolute Gasteiger partial charge is 0.493 e. The van der Waals surface area contributed by atoms with Crippen LogP contribution in [0.2, 0.25) is 0 Å². The number of fused-ring (bicyclic) bond motifs is 1. The van der Waals surface area contributed by atoms with Crippen molar-refractivity contribution in [3.63, 3.8) is 0 Å². The number of nitrogens with zero attached hydrogens (tertiary/aromatic N) is 1. The molecule has 3 aromatic rings. The van der Waals surface area contributed by atoms with Crippen LogP contribution in [0.3, 0.4) is 0 Å². The van der Waals surface area contributed by atoms with Gasteiger partial charge in [0.05, 0.1) is 6.61 Å². The van der Waals surface area contributed by atoms with E-state index in [1.54, 1.807) is 0 Å². The number of hydrogen-bond donors (Lipinski definition) is 0. The van der Waals surface area contributed by atoms with E-state index < -0.39 is 0 Å². The standard InChI is InChI=1S/C19H15NO2S/c20-14-23-12-11-21-17-7-9-18(10-8-17)22-19-6-5-15-3-1-2-4-16(15)13-19/h1-10,13H,11-12H2. The molecular weight excluding hydrogens is 306 g/mol. The Balaban J connectivity index is 1.64. The second kappa shape index (κ2) is 7.57. The van der Waals surface area contributed by atoms with E-state index in [0.717, 1.165) is 22.6 Å². The normalized spacial score (nSPS) is 10.2. The molecule has 0 N–H and O–H groups in total. The molecule has 3 rings (SSSR count). The minimum atomic E-state index is 0.517. The fourth-order valence-corrected chi connectivity index (χ4v) is 2.48. The molecule has 0 unspecified atom stereocenters. The Hall–Kier alpha value is -2.64. The zero-order valence-electron chi connectivity index (χ0n) is 12.4. The summed E-state index contributed by atoms with van der Waals surface area (Å²) in [6, 6.07) is 21.7. The van der Waals surface area contributed by atoms with E-state index in [0.29, 0.717) is 12.4 Å². The second-order valence-electron chi connectivity index (χ2n) is 4.87. The van der Waals surface area contributed by atoms with Crippen LogP contribution in [0.15, 0.2) is 66.7 Å². The first kappa shape index (κ1) is 15.3. The first-order chi connectivity index (χ1) is 11.3. The summed E-state index contributed by atoms with van der Waals surface area (Å²) in [6.45, 7) is 0.517. The van der Waals surface area contributed by atoms with Gasteiger partial charge in [0, 0.05) is 5.75 Å². The molecule has 0 aromatic heterocycles. The highest BCUT2D eigenvalue weighted by molar-refractivity contribution is 8.03. The maximum absolute atomic E-state index is 8.45. The Bertz CT molecular complexity index is 825. The van der Waals surface area contributed by atoms with Gasteiger partial charge in [-0.1, -0.05) is 30.3 Å². The van der Waals surface area contributed by atoms with Crippen LogP contribution in [0.1, 0.15) is 0 Å². The molecule has 0 fully saturated rings. The van der Waals surface area contributed by atoms with Crippen LogP contribution < -0.4 is 9.47 Å². The Morgan fingerprint density at radius 1 is 0.826 bits per heavy atom. The summed E-state index contributed by atoms with van der Waals surface area (Å²) in [4.78, 5) is 0. The molecule has 0 amide bonds. The maximum Gasteiger partial charge on any atom is 0.133 e. The summed E-state index contributed by atoms with van der Waals surface area (Å²) in [6.07, 6.45) is 0. The number of benzene rings is 3. The molecule has 0 aliphatic carbocycles. The maximum atomic E-state index is 8.45. The monoisotopic (exact) mass is 321 g/mol. The summed E-state index contributed by atoms with van der Waals surface area (Å²) >= 11 is 1.19. The fraction of sp³-hybridized carbons (Fsp3) is 0.105. The molecule has 3 aromatic carbocycles. The summed E-state index contributed by atoms with van der Waals surface area (Å²) in [5.74, 6) is 3.00. The smallest absolute Gasteiger partial charge is 0.133 e. The third-order valence-electron chi connectivity index (χ3n) is 3.30. The van der Waals surface area contributed by atoms with Crippen LogP contribution in [-0.4, -0.2) is 12.4 Å². The average molecular weight is 321 g/mol. The van der Waals surface area contributed by atoms with E-state index in [-0.39, 0.29) is 0 Å². The van der Waals surface area contributed by atoms with Gasteiger partial charge in [-0.05, 0) is 58.9 Å². The van der Waals surface area contributed by atoms with Gasteiger partial charge >= 0.3 is 0 Å². The number of hydrogen-bond acceptors (Lipinski definition) is 4. The molecule has 0 aliphatic heterocycles. The van der Waals surface area contributed by atoms with E-state index in [4.69, 9.17) is 14.7 Å². The molecule has 0 bridgehead atoms. The number of ether oxygens (including phenoxy) is 2. The summed E-state index contributed by atoms with van der Waals surface area (Å²) in [5, 5.41) is 12.8. The van der Waals surface area contributed by atoms with Crippen LogP contribution in [0.25, 0.3) is 10.8 Å². The summed E-state index contributed by atoms with van der Waals surface area (Å²) in [5.41, 5.74) is 0. The molecule has 23 heavy (non-hydrogen) atoms. The lowest BCUT2D eigenvalue weighted by atomic mass is 10.1. The number of rotatable bonds is 6. The van der Waals surface area contributed by atoms with Crippen LogP contribution in [0.5, 0.6) is 17.2 Å². The van der Waals surface area contributed by atoms with Crippen molar-refractivity contribution >= 4 is 22.5 Å². The molecule has 3 nitrogen and oxygen atoms in total. The molecule has 0 radical (unpaired) electrons. The van der Waals surface area contributed by atoms with Gasteiger partial charge in [-0.25, -0.2) is 0 Å². The van der Waals surface area contributed by atoms with Crippen molar-refractivity contribution in [2.75, 3.05) is 12.4 Å². The quantitative estimate of drug-likeness (QED) is 0.461. The zero-order chi connectivity index (χ0) is 15.9. The summed E-state index contributed by atoms with van der Waals surface area (Å²) in [7, 11) is 0. The second-order valence-corrected chi connectivity index (χ2v) is 5.75. The van der Waals surface area contributed by atoms with Crippen molar-refractivity contribution in [3.05, 3.63) is 66.7 Å². The van der Waals surface area contributed by atoms with Gasteiger partial charge in [-0.2, -0.15) is 5.26 Å². The van der Waals surface area contributed by atoms with Gasteiger partial charge < -0.3 is 9.47 Å². The van der Waals surface area contributed by atoms with Crippen LogP contribution >= 0.6 is 11.8 Å².